The molecule has 1 N–H and O–H groups in total. The summed E-state index contributed by atoms with van der Waals surface area (Å²) in [5, 5.41) is 2.94. The number of amides is 2. The number of benzene rings is 3. The van der Waals surface area contributed by atoms with Crippen molar-refractivity contribution in [2.24, 2.45) is 0 Å². The van der Waals surface area contributed by atoms with Gasteiger partial charge in [-0.05, 0) is 60.0 Å². The zero-order valence-corrected chi connectivity index (χ0v) is 23.3. The Labute approximate surface area is 239 Å². The minimum atomic E-state index is -0.385. The second-order valence-electron chi connectivity index (χ2n) is 9.95. The Bertz CT molecular complexity index is 1590. The summed E-state index contributed by atoms with van der Waals surface area (Å²) in [6, 6.07) is 28.2. The first-order chi connectivity index (χ1) is 19.9. The fraction of sp³-hybridized carbons (Fsp3) is 0.182. The Hall–Kier alpha value is -5.11. The molecule has 0 aliphatic heterocycles. The second-order valence-corrected chi connectivity index (χ2v) is 9.95. The first-order valence-electron chi connectivity index (χ1n) is 13.4. The maximum atomic E-state index is 13.5. The highest BCUT2D eigenvalue weighted by atomic mass is 16.5. The first-order valence-corrected chi connectivity index (χ1v) is 13.4. The number of furan rings is 1. The van der Waals surface area contributed by atoms with E-state index in [9.17, 15) is 9.59 Å². The number of hydrogen-bond donors (Lipinski definition) is 1. The standard InChI is InChI=1S/C33H32N4O4/c1-23(2)24-11-15-27(16-12-24)37-21-30(25-8-5-4-6-9-25)34-33(37)35-31(38)22-36(20-29-10-7-19-41-29)32(39)26-13-17-28(40-3)18-14-26/h4-19,21,23H,20,22H2,1-3H3,(H,34,35,38). The van der Waals surface area contributed by atoms with E-state index < -0.39 is 0 Å². The molecule has 41 heavy (non-hydrogen) atoms. The Morgan fingerprint density at radius 1 is 0.951 bits per heavy atom. The van der Waals surface area contributed by atoms with Crippen molar-refractivity contribution in [3.63, 3.8) is 0 Å². The van der Waals surface area contributed by atoms with Gasteiger partial charge in [0.1, 0.15) is 18.1 Å². The van der Waals surface area contributed by atoms with Gasteiger partial charge in [-0.2, -0.15) is 0 Å². The molecule has 0 saturated heterocycles. The molecule has 2 amide bonds. The SMILES string of the molecule is COc1ccc(C(=O)N(CC(=O)Nc2nc(-c3ccccc3)cn2-c2ccc(C(C)C)cc2)Cc2ccco2)cc1. The van der Waals surface area contributed by atoms with Crippen LogP contribution in [0.15, 0.2) is 108 Å². The van der Waals surface area contributed by atoms with Gasteiger partial charge in [-0.15, -0.1) is 0 Å². The summed E-state index contributed by atoms with van der Waals surface area (Å²) in [5.74, 6) is 1.27. The van der Waals surface area contributed by atoms with Crippen LogP contribution in [-0.2, 0) is 11.3 Å². The van der Waals surface area contributed by atoms with Gasteiger partial charge in [0.05, 0.1) is 25.6 Å². The van der Waals surface area contributed by atoms with Crippen LogP contribution in [0, 0.1) is 0 Å². The number of carbonyl (C=O) groups is 2. The van der Waals surface area contributed by atoms with Gasteiger partial charge in [-0.3, -0.25) is 19.5 Å². The van der Waals surface area contributed by atoms with Crippen LogP contribution >= 0.6 is 0 Å². The average molecular weight is 549 g/mol. The van der Waals surface area contributed by atoms with E-state index in [-0.39, 0.29) is 24.9 Å². The third kappa shape index (κ3) is 6.55. The van der Waals surface area contributed by atoms with E-state index in [0.717, 1.165) is 16.9 Å². The summed E-state index contributed by atoms with van der Waals surface area (Å²) < 4.78 is 12.5. The molecule has 0 saturated carbocycles. The molecule has 2 heterocycles. The molecule has 0 aliphatic carbocycles. The van der Waals surface area contributed by atoms with E-state index >= 15 is 0 Å². The maximum Gasteiger partial charge on any atom is 0.254 e. The fourth-order valence-electron chi connectivity index (χ4n) is 4.48. The molecule has 0 unspecified atom stereocenters. The topological polar surface area (TPSA) is 89.6 Å². The minimum Gasteiger partial charge on any atom is -0.497 e. The molecule has 5 aromatic rings. The molecule has 0 atom stereocenters. The lowest BCUT2D eigenvalue weighted by Gasteiger charge is -2.21. The number of aromatic nitrogens is 2. The van der Waals surface area contributed by atoms with Gasteiger partial charge < -0.3 is 14.1 Å². The van der Waals surface area contributed by atoms with Gasteiger partial charge in [-0.1, -0.05) is 56.3 Å². The highest BCUT2D eigenvalue weighted by Crippen LogP contribution is 2.26. The third-order valence-electron chi connectivity index (χ3n) is 6.75. The van der Waals surface area contributed by atoms with Crippen LogP contribution in [0.25, 0.3) is 16.9 Å². The Morgan fingerprint density at radius 3 is 2.32 bits per heavy atom. The summed E-state index contributed by atoms with van der Waals surface area (Å²) in [5.41, 5.74) is 4.16. The Morgan fingerprint density at radius 2 is 1.68 bits per heavy atom. The molecule has 0 spiro atoms. The van der Waals surface area contributed by atoms with Crippen molar-refractivity contribution in [3.8, 4) is 22.7 Å². The van der Waals surface area contributed by atoms with Crippen molar-refractivity contribution in [1.82, 2.24) is 14.5 Å². The molecule has 0 fully saturated rings. The summed E-state index contributed by atoms with van der Waals surface area (Å²) in [7, 11) is 1.57. The van der Waals surface area contributed by atoms with Crippen LogP contribution in [0.1, 0.15) is 41.4 Å². The largest absolute Gasteiger partial charge is 0.497 e. The number of nitrogens with zero attached hydrogens (tertiary/aromatic N) is 3. The van der Waals surface area contributed by atoms with Gasteiger partial charge in [0.25, 0.3) is 5.91 Å². The van der Waals surface area contributed by atoms with Crippen LogP contribution in [-0.4, -0.2) is 39.9 Å². The first kappa shape index (κ1) is 27.5. The van der Waals surface area contributed by atoms with E-state index in [2.05, 4.69) is 31.3 Å². The van der Waals surface area contributed by atoms with E-state index in [4.69, 9.17) is 14.1 Å². The van der Waals surface area contributed by atoms with Crippen molar-refractivity contribution < 1.29 is 18.7 Å². The molecular formula is C33H32N4O4. The minimum absolute atomic E-state index is 0.131. The van der Waals surface area contributed by atoms with Crippen LogP contribution < -0.4 is 10.1 Å². The maximum absolute atomic E-state index is 13.5. The van der Waals surface area contributed by atoms with Gasteiger partial charge in [0.15, 0.2) is 0 Å². The predicted octanol–water partition coefficient (Wildman–Crippen LogP) is 6.55. The molecule has 208 valence electrons. The number of carbonyl (C=O) groups excluding carboxylic acids is 2. The van der Waals surface area contributed by atoms with Crippen molar-refractivity contribution in [2.75, 3.05) is 19.0 Å². The predicted molar refractivity (Wildman–Crippen MR) is 158 cm³/mol. The summed E-state index contributed by atoms with van der Waals surface area (Å²) in [6.07, 6.45) is 3.44. The van der Waals surface area contributed by atoms with E-state index in [1.54, 1.807) is 43.5 Å². The van der Waals surface area contributed by atoms with Crippen LogP contribution in [0.3, 0.4) is 0 Å². The normalized spacial score (nSPS) is 10.9. The molecule has 5 rings (SSSR count). The van der Waals surface area contributed by atoms with E-state index in [1.807, 2.05) is 53.2 Å². The molecule has 0 bridgehead atoms. The number of ether oxygens (including phenoxy) is 1. The van der Waals surface area contributed by atoms with Gasteiger partial charge >= 0.3 is 0 Å². The molecule has 3 aromatic carbocycles. The van der Waals surface area contributed by atoms with Crippen molar-refractivity contribution >= 4 is 17.8 Å². The van der Waals surface area contributed by atoms with Crippen LogP contribution in [0.2, 0.25) is 0 Å². The summed E-state index contributed by atoms with van der Waals surface area (Å²) >= 11 is 0. The van der Waals surface area contributed by atoms with Gasteiger partial charge in [0, 0.05) is 23.0 Å². The fourth-order valence-corrected chi connectivity index (χ4v) is 4.48. The summed E-state index contributed by atoms with van der Waals surface area (Å²) in [6.45, 7) is 4.22. The van der Waals surface area contributed by atoms with Gasteiger partial charge in [0.2, 0.25) is 11.9 Å². The Balaban J connectivity index is 1.42. The van der Waals surface area contributed by atoms with E-state index in [1.165, 1.54) is 16.7 Å². The lowest BCUT2D eigenvalue weighted by molar-refractivity contribution is -0.117. The smallest absolute Gasteiger partial charge is 0.254 e. The molecular weight excluding hydrogens is 516 g/mol. The molecule has 8 heteroatoms. The van der Waals surface area contributed by atoms with Crippen LogP contribution in [0.5, 0.6) is 5.75 Å². The average Bonchev–Trinajstić information content (AvgIpc) is 3.67. The lowest BCUT2D eigenvalue weighted by Crippen LogP contribution is -2.37. The third-order valence-corrected chi connectivity index (χ3v) is 6.75. The van der Waals surface area contributed by atoms with E-state index in [0.29, 0.717) is 28.9 Å². The van der Waals surface area contributed by atoms with Crippen LogP contribution in [0.4, 0.5) is 5.95 Å². The number of imidazole rings is 1. The van der Waals surface area contributed by atoms with Crippen molar-refractivity contribution in [1.29, 1.82) is 0 Å². The molecule has 2 aromatic heterocycles. The number of nitrogens with one attached hydrogen (secondary N) is 1. The zero-order valence-electron chi connectivity index (χ0n) is 23.3. The quantitative estimate of drug-likeness (QED) is 0.214. The number of anilines is 1. The number of rotatable bonds is 10. The summed E-state index contributed by atoms with van der Waals surface area (Å²) in [4.78, 5) is 33.1. The number of methoxy groups -OCH3 is 1. The molecule has 0 aliphatic rings. The lowest BCUT2D eigenvalue weighted by atomic mass is 10.0. The monoisotopic (exact) mass is 548 g/mol. The molecule has 8 nitrogen and oxygen atoms in total. The molecule has 0 radical (unpaired) electrons. The Kier molecular flexibility index (Phi) is 8.29. The highest BCUT2D eigenvalue weighted by molar-refractivity contribution is 5.99. The van der Waals surface area contributed by atoms with Crippen molar-refractivity contribution in [3.05, 3.63) is 120 Å². The van der Waals surface area contributed by atoms with Crippen molar-refractivity contribution in [2.45, 2.75) is 26.3 Å². The zero-order chi connectivity index (χ0) is 28.8. The number of hydrogen-bond acceptors (Lipinski definition) is 5. The second kappa shape index (κ2) is 12.4. The highest BCUT2D eigenvalue weighted by Gasteiger charge is 2.22. The van der Waals surface area contributed by atoms with Gasteiger partial charge in [-0.25, -0.2) is 4.98 Å².